The Morgan fingerprint density at radius 3 is 3.00 bits per heavy atom. The number of nitrogens with one attached hydrogen (secondary N) is 1. The molecule has 1 fully saturated rings. The van der Waals surface area contributed by atoms with E-state index in [1.165, 1.54) is 13.1 Å². The van der Waals surface area contributed by atoms with Crippen LogP contribution in [0.15, 0.2) is 15.8 Å². The number of hydrogen-bond acceptors (Lipinski definition) is 8. The van der Waals surface area contributed by atoms with Crippen LogP contribution in [0.25, 0.3) is 0 Å². The summed E-state index contributed by atoms with van der Waals surface area (Å²) in [5, 5.41) is 8.53. The van der Waals surface area contributed by atoms with Gasteiger partial charge in [0.2, 0.25) is 8.53 Å². The molecule has 2 heterocycles. The van der Waals surface area contributed by atoms with Crippen molar-refractivity contribution in [2.24, 2.45) is 5.50 Å². The van der Waals surface area contributed by atoms with E-state index in [0.717, 1.165) is 4.57 Å². The van der Waals surface area contributed by atoms with Crippen LogP contribution in [0.3, 0.4) is 0 Å². The van der Waals surface area contributed by atoms with Gasteiger partial charge in [-0.2, -0.15) is 0 Å². The van der Waals surface area contributed by atoms with Gasteiger partial charge >= 0.3 is 5.69 Å². The molecule has 0 radical (unpaired) electrons. The molecule has 9 nitrogen and oxygen atoms in total. The standard InChI is InChI=1S/C10H16N3O6PS/c1-5-3-13(9(16)12-8(5)15)10(21)2-6(14)7(19-10)4-18-20(11)17/h3,6-7,14,17,21H,2,4,11H2,1H3,(H,12,15,16)/t6-,7+,10-,20?/m0/s1. The third-order valence-electron chi connectivity index (χ3n) is 3.11. The number of rotatable bonds is 4. The van der Waals surface area contributed by atoms with Crippen molar-refractivity contribution in [1.82, 2.24) is 9.55 Å². The van der Waals surface area contributed by atoms with Crippen molar-refractivity contribution in [3.63, 3.8) is 0 Å². The smallest absolute Gasteiger partial charge is 0.331 e. The summed E-state index contributed by atoms with van der Waals surface area (Å²) in [5.74, 6) is 0. The van der Waals surface area contributed by atoms with E-state index < -0.39 is 37.0 Å². The average molecular weight is 337 g/mol. The van der Waals surface area contributed by atoms with E-state index in [9.17, 15) is 14.7 Å². The Hall–Kier alpha value is -0.740. The SMILES string of the molecule is Cc1cn([C@@]2(S)C[C@H](O)[C@@H](COP(N)O)O2)c(=O)[nH]c1=O. The number of nitrogens with zero attached hydrogens (tertiary/aromatic N) is 1. The maximum absolute atomic E-state index is 11.9. The Morgan fingerprint density at radius 2 is 2.38 bits per heavy atom. The number of aromatic nitrogens is 2. The summed E-state index contributed by atoms with van der Waals surface area (Å²) in [5.41, 5.74) is 4.21. The van der Waals surface area contributed by atoms with Crippen molar-refractivity contribution < 1.29 is 19.3 Å². The van der Waals surface area contributed by atoms with Crippen LogP contribution < -0.4 is 16.8 Å². The van der Waals surface area contributed by atoms with Crippen LogP contribution in [-0.2, 0) is 14.3 Å². The lowest BCUT2D eigenvalue weighted by Gasteiger charge is -2.25. The number of aryl methyl sites for hydroxylation is 1. The molecule has 1 saturated heterocycles. The van der Waals surface area contributed by atoms with Crippen molar-refractivity contribution in [1.29, 1.82) is 0 Å². The summed E-state index contributed by atoms with van der Waals surface area (Å²) in [7, 11) is -2.07. The topological polar surface area (TPSA) is 140 Å². The second-order valence-electron chi connectivity index (χ2n) is 4.71. The minimum atomic E-state index is -2.07. The molecule has 1 aromatic rings. The van der Waals surface area contributed by atoms with E-state index in [1.54, 1.807) is 0 Å². The van der Waals surface area contributed by atoms with Gasteiger partial charge < -0.3 is 19.3 Å². The molecule has 4 atom stereocenters. The normalized spacial score (nSPS) is 30.5. The highest BCUT2D eigenvalue weighted by atomic mass is 32.1. The van der Waals surface area contributed by atoms with Crippen LogP contribution in [0, 0.1) is 6.92 Å². The van der Waals surface area contributed by atoms with Gasteiger partial charge in [-0.05, 0) is 6.92 Å². The Labute approximate surface area is 126 Å². The molecule has 21 heavy (non-hydrogen) atoms. The van der Waals surface area contributed by atoms with E-state index >= 15 is 0 Å². The van der Waals surface area contributed by atoms with Crippen molar-refractivity contribution >= 4 is 21.2 Å². The summed E-state index contributed by atoms with van der Waals surface area (Å²) in [6.07, 6.45) is -0.450. The number of H-pyrrole nitrogens is 1. The van der Waals surface area contributed by atoms with Crippen LogP contribution in [0.4, 0.5) is 0 Å². The van der Waals surface area contributed by atoms with Gasteiger partial charge in [0.1, 0.15) is 6.10 Å². The lowest BCUT2D eigenvalue weighted by atomic mass is 10.2. The number of aliphatic hydroxyl groups excluding tert-OH is 1. The van der Waals surface area contributed by atoms with Crippen molar-refractivity contribution in [3.05, 3.63) is 32.6 Å². The Morgan fingerprint density at radius 1 is 1.71 bits per heavy atom. The molecule has 1 aliphatic heterocycles. The van der Waals surface area contributed by atoms with Crippen LogP contribution in [0.5, 0.6) is 0 Å². The second kappa shape index (κ2) is 6.17. The van der Waals surface area contributed by atoms with E-state index in [-0.39, 0.29) is 13.0 Å². The third-order valence-corrected chi connectivity index (χ3v) is 4.03. The largest absolute Gasteiger partial charge is 0.390 e. The molecule has 1 aliphatic rings. The highest BCUT2D eigenvalue weighted by Gasteiger charge is 2.46. The number of thiol groups is 1. The molecule has 0 bridgehead atoms. The summed E-state index contributed by atoms with van der Waals surface area (Å²) in [6.45, 7) is 1.39. The number of aliphatic hydroxyl groups is 1. The molecule has 1 unspecified atom stereocenters. The molecule has 1 aromatic heterocycles. The lowest BCUT2D eigenvalue weighted by molar-refractivity contribution is -0.0591. The zero-order valence-electron chi connectivity index (χ0n) is 11.1. The van der Waals surface area contributed by atoms with Crippen molar-refractivity contribution in [2.75, 3.05) is 6.61 Å². The van der Waals surface area contributed by atoms with E-state index in [4.69, 9.17) is 19.7 Å². The first-order valence-corrected chi connectivity index (χ1v) is 7.74. The summed E-state index contributed by atoms with van der Waals surface area (Å²) in [6, 6.07) is 0. The average Bonchev–Trinajstić information content (AvgIpc) is 2.67. The maximum Gasteiger partial charge on any atom is 0.331 e. The quantitative estimate of drug-likeness (QED) is 0.341. The second-order valence-corrected chi connectivity index (χ2v) is 6.27. The van der Waals surface area contributed by atoms with E-state index in [2.05, 4.69) is 17.6 Å². The fraction of sp³-hybridized carbons (Fsp3) is 0.600. The van der Waals surface area contributed by atoms with Crippen LogP contribution >= 0.6 is 21.2 Å². The number of aromatic amines is 1. The maximum atomic E-state index is 11.9. The number of ether oxygens (including phenoxy) is 1. The van der Waals surface area contributed by atoms with E-state index in [0.29, 0.717) is 5.56 Å². The fourth-order valence-electron chi connectivity index (χ4n) is 2.05. The molecular weight excluding hydrogens is 321 g/mol. The summed E-state index contributed by atoms with van der Waals surface area (Å²) >= 11 is 4.30. The highest BCUT2D eigenvalue weighted by molar-refractivity contribution is 7.80. The van der Waals surface area contributed by atoms with Crippen molar-refractivity contribution in [3.8, 4) is 0 Å². The minimum Gasteiger partial charge on any atom is -0.390 e. The Balaban J connectivity index is 2.26. The zero-order chi connectivity index (χ0) is 15.8. The molecule has 2 rings (SSSR count). The third kappa shape index (κ3) is 3.54. The molecule has 0 amide bonds. The minimum absolute atomic E-state index is 0.00343. The predicted octanol–water partition coefficient (Wildman–Crippen LogP) is -1.27. The Kier molecular flexibility index (Phi) is 4.89. The van der Waals surface area contributed by atoms with Crippen LogP contribution in [0.2, 0.25) is 0 Å². The highest BCUT2D eigenvalue weighted by Crippen LogP contribution is 2.38. The van der Waals surface area contributed by atoms with Gasteiger partial charge in [-0.15, -0.1) is 12.6 Å². The molecule has 0 aromatic carbocycles. The zero-order valence-corrected chi connectivity index (χ0v) is 12.9. The van der Waals surface area contributed by atoms with Crippen LogP contribution in [0.1, 0.15) is 12.0 Å². The lowest BCUT2D eigenvalue weighted by Crippen LogP contribution is -2.41. The number of hydrogen-bond donors (Lipinski definition) is 5. The molecule has 0 saturated carbocycles. The number of nitrogens with two attached hydrogens (primary N) is 1. The fourth-order valence-corrected chi connectivity index (χ4v) is 2.82. The van der Waals surface area contributed by atoms with Gasteiger partial charge in [-0.1, -0.05) is 0 Å². The first-order chi connectivity index (χ1) is 9.73. The first kappa shape index (κ1) is 16.6. The summed E-state index contributed by atoms with van der Waals surface area (Å²) < 4.78 is 11.5. The van der Waals surface area contributed by atoms with Gasteiger partial charge in [0.25, 0.3) is 5.56 Å². The Bertz CT molecular complexity index is 634. The molecule has 0 aliphatic carbocycles. The predicted molar refractivity (Wildman–Crippen MR) is 77.8 cm³/mol. The molecule has 118 valence electrons. The molecule has 11 heteroatoms. The molecule has 0 spiro atoms. The van der Waals surface area contributed by atoms with Gasteiger partial charge in [0, 0.05) is 18.2 Å². The van der Waals surface area contributed by atoms with Gasteiger partial charge in [0.15, 0.2) is 5.06 Å². The first-order valence-electron chi connectivity index (χ1n) is 6.01. The summed E-state index contributed by atoms with van der Waals surface area (Å²) in [4.78, 5) is 34.3. The van der Waals surface area contributed by atoms with Gasteiger partial charge in [0.05, 0.1) is 12.7 Å². The van der Waals surface area contributed by atoms with E-state index in [1.807, 2.05) is 0 Å². The monoisotopic (exact) mass is 337 g/mol. The van der Waals surface area contributed by atoms with Crippen LogP contribution in [-0.4, -0.2) is 38.4 Å². The molecule has 5 N–H and O–H groups in total. The molecular formula is C10H16N3O6PS. The van der Waals surface area contributed by atoms with Gasteiger partial charge in [-0.3, -0.25) is 19.8 Å². The van der Waals surface area contributed by atoms with Crippen molar-refractivity contribution in [2.45, 2.75) is 30.6 Å². The van der Waals surface area contributed by atoms with Gasteiger partial charge in [-0.25, -0.2) is 4.79 Å².